The fourth-order valence-corrected chi connectivity index (χ4v) is 5.60. The van der Waals surface area contributed by atoms with Crippen LogP contribution >= 0.6 is 0 Å². The molecule has 1 aliphatic carbocycles. The highest BCUT2D eigenvalue weighted by atomic mass is 32.2. The zero-order chi connectivity index (χ0) is 24.8. The van der Waals surface area contributed by atoms with Gasteiger partial charge in [-0.05, 0) is 61.4 Å². The number of nitrogens with one attached hydrogen (secondary N) is 1. The van der Waals surface area contributed by atoms with Crippen LogP contribution in [-0.4, -0.2) is 32.6 Å². The number of fused-ring (bicyclic) bond motifs is 2. The number of hydrogen-bond donors (Lipinski definition) is 1. The summed E-state index contributed by atoms with van der Waals surface area (Å²) < 4.78 is 74.9. The third-order valence-corrected chi connectivity index (χ3v) is 7.33. The lowest BCUT2D eigenvalue weighted by Crippen LogP contribution is -2.44. The van der Waals surface area contributed by atoms with Crippen molar-refractivity contribution in [2.24, 2.45) is 0 Å². The first-order valence-corrected chi connectivity index (χ1v) is 12.2. The SMILES string of the molecule is O=C1C(NS(=O)(=O)c2ccc(OC(F)(F)F)cc2)CC[C@@H]1N1c2ccccc2Oc2ccccc21. The fraction of sp³-hybridized carbons (Fsp3) is 0.208. The largest absolute Gasteiger partial charge is 0.573 e. The van der Waals surface area contributed by atoms with Crippen molar-refractivity contribution in [3.8, 4) is 17.2 Å². The van der Waals surface area contributed by atoms with Crippen molar-refractivity contribution >= 4 is 27.2 Å². The fourth-order valence-electron chi connectivity index (χ4n) is 4.36. The molecule has 2 aliphatic rings. The minimum absolute atomic E-state index is 0.264. The molecule has 11 heteroatoms. The molecule has 1 N–H and O–H groups in total. The maximum Gasteiger partial charge on any atom is 0.573 e. The number of halogens is 3. The molecule has 1 unspecified atom stereocenters. The summed E-state index contributed by atoms with van der Waals surface area (Å²) in [6.45, 7) is 0. The summed E-state index contributed by atoms with van der Waals surface area (Å²) in [7, 11) is -4.16. The van der Waals surface area contributed by atoms with E-state index in [1.54, 1.807) is 12.1 Å². The van der Waals surface area contributed by atoms with Crippen LogP contribution in [0.15, 0.2) is 77.7 Å². The minimum Gasteiger partial charge on any atom is -0.453 e. The Morgan fingerprint density at radius 3 is 2.03 bits per heavy atom. The minimum atomic E-state index is -4.89. The molecule has 1 heterocycles. The Hall–Kier alpha value is -3.57. The summed E-state index contributed by atoms with van der Waals surface area (Å²) in [5.41, 5.74) is 1.40. The Labute approximate surface area is 199 Å². The summed E-state index contributed by atoms with van der Waals surface area (Å²) in [5.74, 6) is 0.323. The first-order valence-electron chi connectivity index (χ1n) is 10.7. The van der Waals surface area contributed by atoms with Gasteiger partial charge < -0.3 is 14.4 Å². The zero-order valence-corrected chi connectivity index (χ0v) is 18.8. The summed E-state index contributed by atoms with van der Waals surface area (Å²) in [6.07, 6.45) is -4.23. The van der Waals surface area contributed by atoms with Crippen LogP contribution in [0.25, 0.3) is 0 Å². The van der Waals surface area contributed by atoms with E-state index in [9.17, 15) is 26.4 Å². The number of rotatable bonds is 5. The molecule has 35 heavy (non-hydrogen) atoms. The average Bonchev–Trinajstić information content (AvgIpc) is 3.15. The molecule has 182 valence electrons. The zero-order valence-electron chi connectivity index (χ0n) is 18.0. The molecular weight excluding hydrogens is 485 g/mol. The average molecular weight is 504 g/mol. The normalized spacial score (nSPS) is 19.6. The first kappa shape index (κ1) is 23.2. The van der Waals surface area contributed by atoms with Gasteiger partial charge in [-0.15, -0.1) is 13.2 Å². The Balaban J connectivity index is 1.37. The topological polar surface area (TPSA) is 84.9 Å². The van der Waals surface area contributed by atoms with E-state index >= 15 is 0 Å². The van der Waals surface area contributed by atoms with Gasteiger partial charge in [0.25, 0.3) is 0 Å². The molecule has 3 aromatic rings. The van der Waals surface area contributed by atoms with Gasteiger partial charge in [0.2, 0.25) is 10.0 Å². The van der Waals surface area contributed by atoms with Crippen LogP contribution < -0.4 is 19.1 Å². The molecule has 0 spiro atoms. The van der Waals surface area contributed by atoms with Crippen LogP contribution in [0.3, 0.4) is 0 Å². The number of ketones is 1. The van der Waals surface area contributed by atoms with E-state index in [1.807, 2.05) is 41.3 Å². The second-order valence-corrected chi connectivity index (χ2v) is 9.81. The number of alkyl halides is 3. The van der Waals surface area contributed by atoms with Crippen LogP contribution in [0.4, 0.5) is 24.5 Å². The van der Waals surface area contributed by atoms with Crippen LogP contribution in [0.1, 0.15) is 12.8 Å². The lowest BCUT2D eigenvalue weighted by molar-refractivity contribution is -0.274. The van der Waals surface area contributed by atoms with Gasteiger partial charge in [-0.2, -0.15) is 0 Å². The lowest BCUT2D eigenvalue weighted by atomic mass is 10.1. The number of benzene rings is 3. The van der Waals surface area contributed by atoms with Crippen molar-refractivity contribution in [1.82, 2.24) is 4.72 Å². The maximum absolute atomic E-state index is 13.4. The van der Waals surface area contributed by atoms with Crippen molar-refractivity contribution in [2.45, 2.75) is 36.2 Å². The van der Waals surface area contributed by atoms with Crippen LogP contribution in [0.2, 0.25) is 0 Å². The molecule has 7 nitrogen and oxygen atoms in total. The van der Waals surface area contributed by atoms with Gasteiger partial charge >= 0.3 is 6.36 Å². The van der Waals surface area contributed by atoms with Crippen LogP contribution in [0, 0.1) is 0 Å². The van der Waals surface area contributed by atoms with Gasteiger partial charge in [0.05, 0.1) is 28.4 Å². The Bertz CT molecular complexity index is 1330. The second kappa shape index (κ2) is 8.58. The number of sulfonamides is 1. The number of para-hydroxylation sites is 4. The molecule has 0 amide bonds. The van der Waals surface area contributed by atoms with E-state index in [-0.39, 0.29) is 17.1 Å². The smallest absolute Gasteiger partial charge is 0.453 e. The Morgan fingerprint density at radius 1 is 0.886 bits per heavy atom. The molecule has 3 aromatic carbocycles. The molecule has 0 saturated heterocycles. The monoisotopic (exact) mass is 504 g/mol. The van der Waals surface area contributed by atoms with E-state index in [0.29, 0.717) is 29.3 Å². The summed E-state index contributed by atoms with van der Waals surface area (Å²) >= 11 is 0. The van der Waals surface area contributed by atoms with Gasteiger partial charge in [0.15, 0.2) is 17.3 Å². The van der Waals surface area contributed by atoms with Gasteiger partial charge in [0, 0.05) is 0 Å². The number of Topliss-reactive ketones (excluding diaryl/α,β-unsaturated/α-hetero) is 1. The third kappa shape index (κ3) is 4.56. The van der Waals surface area contributed by atoms with E-state index in [4.69, 9.17) is 4.74 Å². The van der Waals surface area contributed by atoms with Crippen molar-refractivity contribution in [1.29, 1.82) is 0 Å². The number of anilines is 2. The molecule has 1 aliphatic heterocycles. The van der Waals surface area contributed by atoms with Gasteiger partial charge in [-0.25, -0.2) is 13.1 Å². The number of nitrogens with zero attached hydrogens (tertiary/aromatic N) is 1. The Morgan fingerprint density at radius 2 is 1.46 bits per heavy atom. The highest BCUT2D eigenvalue weighted by Crippen LogP contribution is 2.48. The second-order valence-electron chi connectivity index (χ2n) is 8.10. The van der Waals surface area contributed by atoms with E-state index in [0.717, 1.165) is 24.3 Å². The van der Waals surface area contributed by atoms with E-state index in [2.05, 4.69) is 9.46 Å². The quantitative estimate of drug-likeness (QED) is 0.532. The van der Waals surface area contributed by atoms with Gasteiger partial charge in [-0.3, -0.25) is 4.79 Å². The van der Waals surface area contributed by atoms with E-state index < -0.39 is 34.2 Å². The van der Waals surface area contributed by atoms with Crippen LogP contribution in [0.5, 0.6) is 17.2 Å². The van der Waals surface area contributed by atoms with Crippen molar-refractivity contribution in [3.05, 3.63) is 72.8 Å². The number of hydrogen-bond acceptors (Lipinski definition) is 6. The predicted molar refractivity (Wildman–Crippen MR) is 120 cm³/mol. The number of carbonyl (C=O) groups is 1. The lowest BCUT2D eigenvalue weighted by Gasteiger charge is -2.36. The van der Waals surface area contributed by atoms with Crippen LogP contribution in [-0.2, 0) is 14.8 Å². The molecule has 2 atom stereocenters. The van der Waals surface area contributed by atoms with Gasteiger partial charge in [0.1, 0.15) is 5.75 Å². The summed E-state index contributed by atoms with van der Waals surface area (Å²) in [4.78, 5) is 15.0. The molecule has 0 aromatic heterocycles. The molecule has 1 saturated carbocycles. The highest BCUT2D eigenvalue weighted by Gasteiger charge is 2.43. The maximum atomic E-state index is 13.4. The third-order valence-electron chi connectivity index (χ3n) is 5.85. The molecule has 5 rings (SSSR count). The molecular formula is C24H19F3N2O5S. The Kier molecular flexibility index (Phi) is 5.68. The number of ether oxygens (including phenoxy) is 2. The molecule has 0 radical (unpaired) electrons. The standard InChI is InChI=1S/C24H19F3N2O5S/c25-24(26,27)34-15-9-11-16(12-10-15)35(31,32)28-17-13-14-20(23(17)30)29-18-5-1-3-7-21(18)33-22-8-4-2-6-19(22)29/h1-12,17,20,28H,13-14H2/t17?,20-/m0/s1. The summed E-state index contributed by atoms with van der Waals surface area (Å²) in [6, 6.07) is 16.7. The summed E-state index contributed by atoms with van der Waals surface area (Å²) in [5, 5.41) is 0. The highest BCUT2D eigenvalue weighted by molar-refractivity contribution is 7.89. The number of carbonyl (C=O) groups excluding carboxylic acids is 1. The van der Waals surface area contributed by atoms with Crippen molar-refractivity contribution in [3.63, 3.8) is 0 Å². The van der Waals surface area contributed by atoms with E-state index in [1.165, 1.54) is 0 Å². The van der Waals surface area contributed by atoms with Gasteiger partial charge in [-0.1, -0.05) is 24.3 Å². The predicted octanol–water partition coefficient (Wildman–Crippen LogP) is 4.91. The molecule has 0 bridgehead atoms. The van der Waals surface area contributed by atoms with Crippen molar-refractivity contribution < 1.29 is 35.9 Å². The van der Waals surface area contributed by atoms with Crippen molar-refractivity contribution in [2.75, 3.05) is 4.90 Å². The first-order chi connectivity index (χ1) is 16.6. The molecule has 1 fully saturated rings.